The zero-order valence-electron chi connectivity index (χ0n) is 16.4. The minimum absolute atomic E-state index is 0.171. The van der Waals surface area contributed by atoms with Crippen molar-refractivity contribution in [3.8, 4) is 11.5 Å². The van der Waals surface area contributed by atoms with E-state index in [4.69, 9.17) is 4.74 Å². The molecule has 1 N–H and O–H groups in total. The number of para-hydroxylation sites is 1. The van der Waals surface area contributed by atoms with Gasteiger partial charge in [-0.3, -0.25) is 4.79 Å². The number of hydrogen-bond donors (Lipinski definition) is 1. The molecule has 5 rings (SSSR count). The van der Waals surface area contributed by atoms with Crippen molar-refractivity contribution in [2.24, 2.45) is 5.92 Å². The number of carbonyl (C=O) groups excluding carboxylic acids is 1. The number of rotatable bonds is 3. The van der Waals surface area contributed by atoms with Crippen molar-refractivity contribution < 1.29 is 9.53 Å². The molecule has 0 radical (unpaired) electrons. The highest BCUT2D eigenvalue weighted by atomic mass is 16.5. The minimum Gasteiger partial charge on any atom is -0.457 e. The highest BCUT2D eigenvalue weighted by molar-refractivity contribution is 5.99. The van der Waals surface area contributed by atoms with Crippen LogP contribution in [0.5, 0.6) is 11.5 Å². The van der Waals surface area contributed by atoms with Crippen LogP contribution in [0.3, 0.4) is 0 Å². The van der Waals surface area contributed by atoms with Gasteiger partial charge in [0, 0.05) is 17.7 Å². The molecule has 2 aromatic carbocycles. The van der Waals surface area contributed by atoms with Gasteiger partial charge in [-0.15, -0.1) is 0 Å². The summed E-state index contributed by atoms with van der Waals surface area (Å²) >= 11 is 0. The molecular weight excluding hydrogens is 364 g/mol. The number of benzene rings is 2. The van der Waals surface area contributed by atoms with Crippen molar-refractivity contribution >= 4 is 11.7 Å². The van der Waals surface area contributed by atoms with Crippen LogP contribution in [0.2, 0.25) is 0 Å². The molecule has 0 fully saturated rings. The molecule has 2 unspecified atom stereocenters. The van der Waals surface area contributed by atoms with Crippen molar-refractivity contribution in [1.82, 2.24) is 14.8 Å². The lowest BCUT2D eigenvalue weighted by molar-refractivity contribution is -0.117. The molecule has 6 nitrogen and oxygen atoms in total. The van der Waals surface area contributed by atoms with E-state index in [2.05, 4.69) is 22.3 Å². The van der Waals surface area contributed by atoms with E-state index >= 15 is 0 Å². The summed E-state index contributed by atoms with van der Waals surface area (Å²) in [5.74, 6) is 3.35. The van der Waals surface area contributed by atoms with E-state index in [0.717, 1.165) is 34.8 Å². The van der Waals surface area contributed by atoms with Crippen molar-refractivity contribution in [1.29, 1.82) is 0 Å². The third-order valence-corrected chi connectivity index (χ3v) is 5.38. The Morgan fingerprint density at radius 2 is 1.86 bits per heavy atom. The molecule has 29 heavy (non-hydrogen) atoms. The molecular formula is C23H22N4O2. The van der Waals surface area contributed by atoms with Gasteiger partial charge in [0.05, 0.1) is 0 Å². The highest BCUT2D eigenvalue weighted by Gasteiger charge is 2.38. The van der Waals surface area contributed by atoms with Crippen LogP contribution in [0.15, 0.2) is 65.9 Å². The molecule has 0 saturated heterocycles. The molecule has 146 valence electrons. The predicted octanol–water partition coefficient (Wildman–Crippen LogP) is 4.65. The Morgan fingerprint density at radius 1 is 1.07 bits per heavy atom. The molecule has 0 saturated carbocycles. The number of ketones is 1. The third-order valence-electron chi connectivity index (χ3n) is 5.38. The molecule has 2 aliphatic rings. The first kappa shape index (κ1) is 17.7. The van der Waals surface area contributed by atoms with Gasteiger partial charge < -0.3 is 10.1 Å². The lowest BCUT2D eigenvalue weighted by atomic mass is 9.81. The molecule has 6 heteroatoms. The van der Waals surface area contributed by atoms with Crippen LogP contribution in [0, 0.1) is 12.8 Å². The minimum atomic E-state index is -0.304. The maximum Gasteiger partial charge on any atom is 0.226 e. The molecule has 0 bridgehead atoms. The molecule has 1 aromatic heterocycles. The largest absolute Gasteiger partial charge is 0.457 e. The monoisotopic (exact) mass is 386 g/mol. The van der Waals surface area contributed by atoms with E-state index in [1.54, 1.807) is 0 Å². The fourth-order valence-corrected chi connectivity index (χ4v) is 4.19. The van der Waals surface area contributed by atoms with Gasteiger partial charge in [-0.1, -0.05) is 37.3 Å². The standard InChI is InChI=1S/C23H22N4O2/c1-14-11-19-21(20(28)12-14)22(27-23(25-19)24-15(2)26-27)16-7-6-10-18(13-16)29-17-8-4-3-5-9-17/h3-10,13-14,22H,11-12H2,1-2H3,(H,24,25,26). The van der Waals surface area contributed by atoms with Crippen LogP contribution in [-0.4, -0.2) is 20.5 Å². The first-order valence-corrected chi connectivity index (χ1v) is 9.88. The van der Waals surface area contributed by atoms with Crippen LogP contribution in [0.4, 0.5) is 5.95 Å². The Morgan fingerprint density at radius 3 is 2.69 bits per heavy atom. The molecule has 3 aromatic rings. The summed E-state index contributed by atoms with van der Waals surface area (Å²) < 4.78 is 7.84. The van der Waals surface area contributed by atoms with Crippen molar-refractivity contribution in [2.45, 2.75) is 32.7 Å². The number of ether oxygens (including phenoxy) is 1. The first-order chi connectivity index (χ1) is 14.1. The smallest absolute Gasteiger partial charge is 0.226 e. The van der Waals surface area contributed by atoms with Gasteiger partial charge in [-0.2, -0.15) is 10.1 Å². The zero-order chi connectivity index (χ0) is 20.0. The Hall–Kier alpha value is -3.41. The normalized spacial score (nSPS) is 20.7. The summed E-state index contributed by atoms with van der Waals surface area (Å²) in [5, 5.41) is 7.93. The lowest BCUT2D eigenvalue weighted by Crippen LogP contribution is -2.33. The van der Waals surface area contributed by atoms with Gasteiger partial charge in [0.15, 0.2) is 5.78 Å². The van der Waals surface area contributed by atoms with Crippen LogP contribution in [0.1, 0.15) is 37.2 Å². The average Bonchev–Trinajstić information content (AvgIpc) is 3.06. The number of allylic oxidation sites excluding steroid dienone is 2. The molecule has 2 atom stereocenters. The number of Topliss-reactive ketones (excluding diaryl/α,β-unsaturated/α-hetero) is 1. The summed E-state index contributed by atoms with van der Waals surface area (Å²) in [6, 6.07) is 17.2. The number of nitrogens with one attached hydrogen (secondary N) is 1. The fraction of sp³-hybridized carbons (Fsp3) is 0.261. The van der Waals surface area contributed by atoms with Crippen LogP contribution in [-0.2, 0) is 4.79 Å². The van der Waals surface area contributed by atoms with Crippen molar-refractivity contribution in [3.05, 3.63) is 77.3 Å². The molecule has 1 aliphatic heterocycles. The summed E-state index contributed by atoms with van der Waals surface area (Å²) in [6.07, 6.45) is 1.39. The number of carbonyl (C=O) groups is 1. The molecule has 2 heterocycles. The quantitative estimate of drug-likeness (QED) is 0.710. The van der Waals surface area contributed by atoms with E-state index in [0.29, 0.717) is 24.1 Å². The van der Waals surface area contributed by atoms with Crippen molar-refractivity contribution in [3.63, 3.8) is 0 Å². The number of aromatic nitrogens is 3. The van der Waals surface area contributed by atoms with Gasteiger partial charge >= 0.3 is 0 Å². The fourth-order valence-electron chi connectivity index (χ4n) is 4.19. The number of nitrogens with zero attached hydrogens (tertiary/aromatic N) is 3. The summed E-state index contributed by atoms with van der Waals surface area (Å²) in [5.41, 5.74) is 2.71. The van der Waals surface area contributed by atoms with Gasteiger partial charge in [0.2, 0.25) is 5.95 Å². The predicted molar refractivity (Wildman–Crippen MR) is 110 cm³/mol. The summed E-state index contributed by atoms with van der Waals surface area (Å²) in [4.78, 5) is 17.5. The first-order valence-electron chi connectivity index (χ1n) is 9.88. The topological polar surface area (TPSA) is 69.0 Å². The summed E-state index contributed by atoms with van der Waals surface area (Å²) in [6.45, 7) is 3.97. The number of fused-ring (bicyclic) bond motifs is 1. The Balaban J connectivity index is 1.59. The molecule has 0 amide bonds. The Kier molecular flexibility index (Phi) is 4.19. The van der Waals surface area contributed by atoms with E-state index in [1.807, 2.05) is 66.2 Å². The number of aryl methyl sites for hydroxylation is 1. The second-order valence-corrected chi connectivity index (χ2v) is 7.77. The van der Waals surface area contributed by atoms with Gasteiger partial charge in [0.25, 0.3) is 0 Å². The van der Waals surface area contributed by atoms with Crippen LogP contribution < -0.4 is 10.1 Å². The molecule has 1 aliphatic carbocycles. The van der Waals surface area contributed by atoms with Gasteiger partial charge in [-0.05, 0) is 49.1 Å². The van der Waals surface area contributed by atoms with Crippen molar-refractivity contribution in [2.75, 3.05) is 5.32 Å². The lowest BCUT2D eigenvalue weighted by Gasteiger charge is -2.34. The van der Waals surface area contributed by atoms with Crippen LogP contribution in [0.25, 0.3) is 0 Å². The Labute approximate surface area is 169 Å². The maximum absolute atomic E-state index is 13.0. The summed E-state index contributed by atoms with van der Waals surface area (Å²) in [7, 11) is 0. The number of anilines is 1. The second kappa shape index (κ2) is 6.88. The number of hydrogen-bond acceptors (Lipinski definition) is 5. The maximum atomic E-state index is 13.0. The SMILES string of the molecule is Cc1nc2n(n1)C(c1cccc(Oc3ccccc3)c1)C1=C(CC(C)CC1=O)N2. The van der Waals surface area contributed by atoms with E-state index in [9.17, 15) is 4.79 Å². The van der Waals surface area contributed by atoms with E-state index < -0.39 is 0 Å². The highest BCUT2D eigenvalue weighted by Crippen LogP contribution is 2.42. The van der Waals surface area contributed by atoms with Crippen LogP contribution >= 0.6 is 0 Å². The molecule has 0 spiro atoms. The van der Waals surface area contributed by atoms with E-state index in [1.165, 1.54) is 0 Å². The van der Waals surface area contributed by atoms with Gasteiger partial charge in [0.1, 0.15) is 23.4 Å². The Bertz CT molecular complexity index is 1120. The van der Waals surface area contributed by atoms with E-state index in [-0.39, 0.29) is 11.8 Å². The zero-order valence-corrected chi connectivity index (χ0v) is 16.4. The van der Waals surface area contributed by atoms with Gasteiger partial charge in [-0.25, -0.2) is 4.68 Å². The average molecular weight is 386 g/mol. The third kappa shape index (κ3) is 3.20. The second-order valence-electron chi connectivity index (χ2n) is 7.77.